The van der Waals surface area contributed by atoms with E-state index in [1.165, 1.54) is 6.07 Å². The van der Waals surface area contributed by atoms with Gasteiger partial charge in [-0.2, -0.15) is 13.2 Å². The van der Waals surface area contributed by atoms with Gasteiger partial charge in [0.2, 0.25) is 5.91 Å². The Labute approximate surface area is 164 Å². The number of benzene rings is 2. The maximum absolute atomic E-state index is 13.7. The molecule has 1 saturated heterocycles. The highest BCUT2D eigenvalue weighted by atomic mass is 19.4. The molecule has 0 saturated carbocycles. The molecule has 0 spiro atoms. The summed E-state index contributed by atoms with van der Waals surface area (Å²) >= 11 is 0. The number of anilines is 2. The molecule has 9 heteroatoms. The molecular weight excluding hydrogens is 393 g/mol. The summed E-state index contributed by atoms with van der Waals surface area (Å²) < 4.78 is 65.4. The zero-order valence-electron chi connectivity index (χ0n) is 15.6. The molecule has 0 aromatic heterocycles. The van der Waals surface area contributed by atoms with E-state index in [0.717, 1.165) is 24.3 Å². The number of amides is 1. The number of carbonyl (C=O) groups is 1. The molecule has 3 rings (SSSR count). The van der Waals surface area contributed by atoms with Gasteiger partial charge in [0.05, 0.1) is 17.3 Å². The van der Waals surface area contributed by atoms with Crippen LogP contribution in [0.5, 0.6) is 0 Å². The Hall–Kier alpha value is -2.68. The van der Waals surface area contributed by atoms with E-state index in [1.54, 1.807) is 13.0 Å². The summed E-state index contributed by atoms with van der Waals surface area (Å²) in [6.07, 6.45) is -4.40. The quantitative estimate of drug-likeness (QED) is 0.766. The number of hydrogen-bond acceptors (Lipinski definition) is 3. The standard InChI is InChI=1S/C20H20F5N3O/c1-13(19(29)26-18-6-5-15(21)12-17(18)22)27-7-9-28(10-8-27)16-4-2-3-14(11-16)20(23,24)25/h2-6,11-13H,7-10H2,1H3,(H,26,29)/t13-/m0/s1. The van der Waals surface area contributed by atoms with Gasteiger partial charge in [-0.15, -0.1) is 0 Å². The van der Waals surface area contributed by atoms with Crippen molar-refractivity contribution in [2.75, 3.05) is 36.4 Å². The highest BCUT2D eigenvalue weighted by Crippen LogP contribution is 2.32. The number of alkyl halides is 3. The number of halogens is 5. The SMILES string of the molecule is C[C@@H](C(=O)Nc1ccc(F)cc1F)N1CCN(c2cccc(C(F)(F)F)c2)CC1. The molecule has 1 heterocycles. The summed E-state index contributed by atoms with van der Waals surface area (Å²) in [6.45, 7) is 3.47. The lowest BCUT2D eigenvalue weighted by Crippen LogP contribution is -2.52. The Bertz CT molecular complexity index is 879. The molecule has 1 N–H and O–H groups in total. The Morgan fingerprint density at radius 3 is 2.34 bits per heavy atom. The lowest BCUT2D eigenvalue weighted by Gasteiger charge is -2.38. The van der Waals surface area contributed by atoms with Crippen LogP contribution in [0.4, 0.5) is 33.3 Å². The molecule has 1 atom stereocenters. The van der Waals surface area contributed by atoms with Crippen LogP contribution in [-0.4, -0.2) is 43.0 Å². The van der Waals surface area contributed by atoms with Crippen LogP contribution in [0.3, 0.4) is 0 Å². The van der Waals surface area contributed by atoms with Crippen molar-refractivity contribution in [2.24, 2.45) is 0 Å². The normalized spacial score (nSPS) is 16.6. The molecule has 0 unspecified atom stereocenters. The third-order valence-electron chi connectivity index (χ3n) is 4.97. The number of hydrogen-bond donors (Lipinski definition) is 1. The fourth-order valence-electron chi connectivity index (χ4n) is 3.24. The maximum atomic E-state index is 13.7. The third-order valence-corrected chi connectivity index (χ3v) is 4.97. The summed E-state index contributed by atoms with van der Waals surface area (Å²) in [7, 11) is 0. The zero-order valence-corrected chi connectivity index (χ0v) is 15.6. The average Bonchev–Trinajstić information content (AvgIpc) is 2.69. The Balaban J connectivity index is 1.59. The van der Waals surface area contributed by atoms with E-state index in [0.29, 0.717) is 37.9 Å². The fraction of sp³-hybridized carbons (Fsp3) is 0.350. The van der Waals surface area contributed by atoms with Gasteiger partial charge in [0.15, 0.2) is 0 Å². The predicted octanol–water partition coefficient (Wildman–Crippen LogP) is 4.13. The minimum atomic E-state index is -4.40. The molecule has 0 radical (unpaired) electrons. The van der Waals surface area contributed by atoms with Gasteiger partial charge in [-0.1, -0.05) is 6.07 Å². The van der Waals surface area contributed by atoms with E-state index in [-0.39, 0.29) is 5.69 Å². The molecule has 29 heavy (non-hydrogen) atoms. The highest BCUT2D eigenvalue weighted by Gasteiger charge is 2.31. The minimum absolute atomic E-state index is 0.106. The van der Waals surface area contributed by atoms with Crippen LogP contribution in [0.15, 0.2) is 42.5 Å². The first-order valence-corrected chi connectivity index (χ1v) is 9.07. The topological polar surface area (TPSA) is 35.6 Å². The number of rotatable bonds is 4. The molecule has 2 aromatic rings. The van der Waals surface area contributed by atoms with Crippen molar-refractivity contribution in [1.82, 2.24) is 4.90 Å². The number of nitrogens with zero attached hydrogens (tertiary/aromatic N) is 2. The molecule has 156 valence electrons. The van der Waals surface area contributed by atoms with E-state index in [2.05, 4.69) is 5.32 Å². The van der Waals surface area contributed by atoms with Crippen molar-refractivity contribution in [1.29, 1.82) is 0 Å². The van der Waals surface area contributed by atoms with Crippen LogP contribution in [0.25, 0.3) is 0 Å². The fourth-order valence-corrected chi connectivity index (χ4v) is 3.24. The van der Waals surface area contributed by atoms with Gasteiger partial charge in [0.1, 0.15) is 11.6 Å². The Morgan fingerprint density at radius 2 is 1.72 bits per heavy atom. The summed E-state index contributed by atoms with van der Waals surface area (Å²) in [4.78, 5) is 16.1. The lowest BCUT2D eigenvalue weighted by molar-refractivity contribution is -0.137. The van der Waals surface area contributed by atoms with Gasteiger partial charge < -0.3 is 10.2 Å². The van der Waals surface area contributed by atoms with Crippen molar-refractivity contribution < 1.29 is 26.7 Å². The Morgan fingerprint density at radius 1 is 1.03 bits per heavy atom. The van der Waals surface area contributed by atoms with Crippen molar-refractivity contribution in [3.8, 4) is 0 Å². The summed E-state index contributed by atoms with van der Waals surface area (Å²) in [5, 5.41) is 2.44. The number of carbonyl (C=O) groups excluding carboxylic acids is 1. The minimum Gasteiger partial charge on any atom is -0.369 e. The molecule has 1 aliphatic rings. The van der Waals surface area contributed by atoms with Crippen molar-refractivity contribution in [3.63, 3.8) is 0 Å². The van der Waals surface area contributed by atoms with Gasteiger partial charge in [0, 0.05) is 37.9 Å². The first-order chi connectivity index (χ1) is 13.6. The Kier molecular flexibility index (Phi) is 6.07. The molecule has 1 amide bonds. The van der Waals surface area contributed by atoms with Crippen molar-refractivity contribution >= 4 is 17.3 Å². The van der Waals surface area contributed by atoms with Gasteiger partial charge in [-0.05, 0) is 37.3 Å². The first-order valence-electron chi connectivity index (χ1n) is 9.07. The largest absolute Gasteiger partial charge is 0.416 e. The van der Waals surface area contributed by atoms with E-state index >= 15 is 0 Å². The highest BCUT2D eigenvalue weighted by molar-refractivity contribution is 5.94. The van der Waals surface area contributed by atoms with Crippen LogP contribution < -0.4 is 10.2 Å². The average molecular weight is 413 g/mol. The monoisotopic (exact) mass is 413 g/mol. The predicted molar refractivity (Wildman–Crippen MR) is 99.7 cm³/mol. The molecule has 0 aliphatic carbocycles. The van der Waals surface area contributed by atoms with E-state index in [1.807, 2.05) is 9.80 Å². The summed E-state index contributed by atoms with van der Waals surface area (Å²) in [6, 6.07) is 7.45. The molecule has 1 aliphatic heterocycles. The molecular formula is C20H20F5N3O. The number of piperazine rings is 1. The molecule has 0 bridgehead atoms. The number of nitrogens with one attached hydrogen (secondary N) is 1. The molecule has 2 aromatic carbocycles. The van der Waals surface area contributed by atoms with Gasteiger partial charge in [-0.25, -0.2) is 8.78 Å². The second-order valence-electron chi connectivity index (χ2n) is 6.86. The third kappa shape index (κ3) is 5.03. The van der Waals surface area contributed by atoms with Crippen LogP contribution in [0, 0.1) is 11.6 Å². The van der Waals surface area contributed by atoms with E-state index < -0.39 is 35.3 Å². The zero-order chi connectivity index (χ0) is 21.2. The lowest BCUT2D eigenvalue weighted by atomic mass is 10.1. The van der Waals surface area contributed by atoms with Crippen LogP contribution in [0.2, 0.25) is 0 Å². The van der Waals surface area contributed by atoms with Crippen LogP contribution in [0.1, 0.15) is 12.5 Å². The smallest absolute Gasteiger partial charge is 0.369 e. The molecule has 4 nitrogen and oxygen atoms in total. The summed E-state index contributed by atoms with van der Waals surface area (Å²) in [5.41, 5.74) is -0.331. The van der Waals surface area contributed by atoms with Crippen molar-refractivity contribution in [2.45, 2.75) is 19.1 Å². The van der Waals surface area contributed by atoms with Gasteiger partial charge in [-0.3, -0.25) is 9.69 Å². The second kappa shape index (κ2) is 8.36. The van der Waals surface area contributed by atoms with Crippen molar-refractivity contribution in [3.05, 3.63) is 59.7 Å². The van der Waals surface area contributed by atoms with E-state index in [4.69, 9.17) is 0 Å². The van der Waals surface area contributed by atoms with Gasteiger partial charge >= 0.3 is 6.18 Å². The van der Waals surface area contributed by atoms with Gasteiger partial charge in [0.25, 0.3) is 0 Å². The first kappa shape index (κ1) is 21.0. The van der Waals surface area contributed by atoms with Crippen LogP contribution >= 0.6 is 0 Å². The molecule has 1 fully saturated rings. The van der Waals surface area contributed by atoms with E-state index in [9.17, 15) is 26.7 Å². The summed E-state index contributed by atoms with van der Waals surface area (Å²) in [5.74, 6) is -2.04. The maximum Gasteiger partial charge on any atom is 0.416 e. The second-order valence-corrected chi connectivity index (χ2v) is 6.86. The van der Waals surface area contributed by atoms with Crippen LogP contribution in [-0.2, 0) is 11.0 Å².